The number of nitrogens with zero attached hydrogens (tertiary/aromatic N) is 5. The van der Waals surface area contributed by atoms with Crippen molar-refractivity contribution in [3.05, 3.63) is 71.8 Å². The van der Waals surface area contributed by atoms with Gasteiger partial charge in [0.25, 0.3) is 0 Å². The Labute approximate surface area is 182 Å². The summed E-state index contributed by atoms with van der Waals surface area (Å²) >= 11 is 5.77. The van der Waals surface area contributed by atoms with Gasteiger partial charge in [0.15, 0.2) is 10.6 Å². The van der Waals surface area contributed by atoms with Crippen LogP contribution >= 0.6 is 12.2 Å². The van der Waals surface area contributed by atoms with Gasteiger partial charge >= 0.3 is 0 Å². The van der Waals surface area contributed by atoms with Crippen LogP contribution in [0.3, 0.4) is 0 Å². The van der Waals surface area contributed by atoms with Crippen molar-refractivity contribution in [2.24, 2.45) is 0 Å². The Morgan fingerprint density at radius 2 is 2.10 bits per heavy atom. The molecular weight excluding hydrogens is 394 g/mol. The predicted octanol–water partition coefficient (Wildman–Crippen LogP) is 4.86. The Morgan fingerprint density at radius 1 is 1.27 bits per heavy atom. The lowest BCUT2D eigenvalue weighted by Crippen LogP contribution is -2.27. The van der Waals surface area contributed by atoms with E-state index < -0.39 is 0 Å². The molecule has 1 aliphatic rings. The van der Waals surface area contributed by atoms with Gasteiger partial charge in [0.1, 0.15) is 5.75 Å². The maximum Gasteiger partial charge on any atom is 0.199 e. The van der Waals surface area contributed by atoms with Crippen LogP contribution in [-0.2, 0) is 13.2 Å². The minimum Gasteiger partial charge on any atom is -0.494 e. The molecule has 7 heteroatoms. The number of rotatable bonds is 8. The number of hydrogen-bond acceptors (Lipinski definition) is 5. The average molecular weight is 422 g/mol. The van der Waals surface area contributed by atoms with Crippen molar-refractivity contribution < 1.29 is 4.74 Å². The number of pyridine rings is 1. The maximum absolute atomic E-state index is 5.77. The van der Waals surface area contributed by atoms with Crippen molar-refractivity contribution >= 4 is 12.2 Å². The van der Waals surface area contributed by atoms with E-state index in [-0.39, 0.29) is 0 Å². The lowest BCUT2D eigenvalue weighted by molar-refractivity contribution is 0.189. The highest BCUT2D eigenvalue weighted by Crippen LogP contribution is 2.33. The first-order valence-corrected chi connectivity index (χ1v) is 10.8. The number of hydrogen-bond donors (Lipinski definition) is 0. The Morgan fingerprint density at radius 3 is 2.80 bits per heavy atom. The minimum atomic E-state index is 0.356. The van der Waals surface area contributed by atoms with Gasteiger partial charge in [-0.1, -0.05) is 18.2 Å². The smallest absolute Gasteiger partial charge is 0.199 e. The third kappa shape index (κ3) is 4.22. The van der Waals surface area contributed by atoms with E-state index in [2.05, 4.69) is 40.7 Å². The fourth-order valence-electron chi connectivity index (χ4n) is 4.03. The average Bonchev–Trinajstić information content (AvgIpc) is 3.36. The van der Waals surface area contributed by atoms with E-state index in [4.69, 9.17) is 22.1 Å². The molecule has 0 unspecified atom stereocenters. The van der Waals surface area contributed by atoms with Crippen LogP contribution in [0.15, 0.2) is 61.4 Å². The van der Waals surface area contributed by atoms with Crippen LogP contribution < -0.4 is 4.74 Å². The number of benzene rings is 1. The van der Waals surface area contributed by atoms with Crippen LogP contribution in [0.5, 0.6) is 5.75 Å². The summed E-state index contributed by atoms with van der Waals surface area (Å²) < 4.78 is 10.2. The van der Waals surface area contributed by atoms with Crippen LogP contribution in [-0.4, -0.2) is 37.4 Å². The molecular formula is C23H27N5OS. The Hall–Kier alpha value is -2.77. The Bertz CT molecular complexity index is 1040. The maximum atomic E-state index is 5.77. The quantitative estimate of drug-likeness (QED) is 0.384. The molecule has 4 rings (SSSR count). The zero-order valence-electron chi connectivity index (χ0n) is 17.3. The first-order valence-electron chi connectivity index (χ1n) is 10.4. The lowest BCUT2D eigenvalue weighted by atomic mass is 10.0. The van der Waals surface area contributed by atoms with Gasteiger partial charge in [0.05, 0.1) is 13.3 Å². The van der Waals surface area contributed by atoms with Crippen molar-refractivity contribution in [2.75, 3.05) is 13.2 Å². The van der Waals surface area contributed by atoms with Crippen molar-refractivity contribution in [1.29, 1.82) is 0 Å². The molecule has 1 aromatic carbocycles. The highest BCUT2D eigenvalue weighted by molar-refractivity contribution is 7.71. The summed E-state index contributed by atoms with van der Waals surface area (Å²) in [6.45, 7) is 8.86. The molecule has 0 radical (unpaired) electrons. The number of allylic oxidation sites excluding steroid dienone is 1. The van der Waals surface area contributed by atoms with E-state index in [0.717, 1.165) is 36.5 Å². The fraction of sp³-hybridized carbons (Fsp3) is 0.348. The lowest BCUT2D eigenvalue weighted by Gasteiger charge is -2.24. The first-order chi connectivity index (χ1) is 14.7. The highest BCUT2D eigenvalue weighted by atomic mass is 32.1. The normalized spacial score (nSPS) is 16.6. The summed E-state index contributed by atoms with van der Waals surface area (Å²) in [4.78, 5) is 6.68. The van der Waals surface area contributed by atoms with E-state index in [1.165, 1.54) is 5.56 Å². The summed E-state index contributed by atoms with van der Waals surface area (Å²) in [5.74, 6) is 1.74. The van der Waals surface area contributed by atoms with Gasteiger partial charge in [0, 0.05) is 37.1 Å². The molecule has 1 fully saturated rings. The molecule has 2 aromatic heterocycles. The summed E-state index contributed by atoms with van der Waals surface area (Å²) in [7, 11) is 0. The van der Waals surface area contributed by atoms with Crippen LogP contribution in [0.2, 0.25) is 0 Å². The second-order valence-electron chi connectivity index (χ2n) is 7.36. The first kappa shape index (κ1) is 20.5. The number of ether oxygens (including phenoxy) is 1. The molecule has 0 aliphatic carbocycles. The molecule has 3 aromatic rings. The number of aromatic nitrogens is 4. The summed E-state index contributed by atoms with van der Waals surface area (Å²) in [6, 6.07) is 12.7. The molecule has 1 saturated heterocycles. The van der Waals surface area contributed by atoms with Gasteiger partial charge in [-0.05, 0) is 61.8 Å². The summed E-state index contributed by atoms with van der Waals surface area (Å²) in [5.41, 5.74) is 2.26. The SMILES string of the molecule is C=CCn1c(-c2cccnc2)nn(CN2CCC[C@@H]2c2ccc(OCC)cc2)c1=S. The standard InChI is InChI=1S/C23H27N5OS/c1-3-14-27-22(19-7-5-13-24-16-19)25-28(23(27)30)17-26-15-6-8-21(26)18-9-11-20(12-10-18)29-4-2/h3,5,7,9-13,16,21H,1,4,6,8,14-15,17H2,2H3/t21-/m1/s1. The zero-order chi connectivity index (χ0) is 20.9. The predicted molar refractivity (Wildman–Crippen MR) is 121 cm³/mol. The van der Waals surface area contributed by atoms with Gasteiger partial charge in [-0.25, -0.2) is 4.68 Å². The second kappa shape index (κ2) is 9.36. The monoisotopic (exact) mass is 421 g/mol. The molecule has 1 atom stereocenters. The van der Waals surface area contributed by atoms with Gasteiger partial charge < -0.3 is 4.74 Å². The van der Waals surface area contributed by atoms with Crippen molar-refractivity contribution in [1.82, 2.24) is 24.2 Å². The van der Waals surface area contributed by atoms with E-state index >= 15 is 0 Å². The van der Waals surface area contributed by atoms with Crippen LogP contribution in [0.4, 0.5) is 0 Å². The second-order valence-corrected chi connectivity index (χ2v) is 7.73. The van der Waals surface area contributed by atoms with E-state index in [1.54, 1.807) is 6.20 Å². The largest absolute Gasteiger partial charge is 0.494 e. The van der Waals surface area contributed by atoms with Crippen LogP contribution in [0, 0.1) is 4.77 Å². The molecule has 0 N–H and O–H groups in total. The van der Waals surface area contributed by atoms with E-state index in [9.17, 15) is 0 Å². The molecule has 0 amide bonds. The number of likely N-dealkylation sites (tertiary alicyclic amines) is 1. The summed E-state index contributed by atoms with van der Waals surface area (Å²) in [5, 5.41) is 4.85. The zero-order valence-corrected chi connectivity index (χ0v) is 18.1. The molecule has 30 heavy (non-hydrogen) atoms. The highest BCUT2D eigenvalue weighted by Gasteiger charge is 2.27. The van der Waals surface area contributed by atoms with E-state index in [0.29, 0.717) is 30.6 Å². The van der Waals surface area contributed by atoms with Crippen molar-refractivity contribution in [3.63, 3.8) is 0 Å². The van der Waals surface area contributed by atoms with Crippen molar-refractivity contribution in [2.45, 2.75) is 39.0 Å². The molecule has 156 valence electrons. The molecule has 0 spiro atoms. The molecule has 6 nitrogen and oxygen atoms in total. The third-order valence-electron chi connectivity index (χ3n) is 5.41. The molecule has 3 heterocycles. The van der Waals surface area contributed by atoms with Gasteiger partial charge in [-0.3, -0.25) is 14.5 Å². The van der Waals surface area contributed by atoms with Gasteiger partial charge in [-0.2, -0.15) is 5.10 Å². The molecule has 0 saturated carbocycles. The van der Waals surface area contributed by atoms with Crippen molar-refractivity contribution in [3.8, 4) is 17.1 Å². The summed E-state index contributed by atoms with van der Waals surface area (Å²) in [6.07, 6.45) is 7.72. The Kier molecular flexibility index (Phi) is 6.40. The topological polar surface area (TPSA) is 48.1 Å². The molecule has 0 bridgehead atoms. The van der Waals surface area contributed by atoms with E-state index in [1.807, 2.05) is 40.6 Å². The van der Waals surface area contributed by atoms with Crippen LogP contribution in [0.1, 0.15) is 31.4 Å². The third-order valence-corrected chi connectivity index (χ3v) is 5.84. The minimum absolute atomic E-state index is 0.356. The fourth-order valence-corrected chi connectivity index (χ4v) is 4.29. The van der Waals surface area contributed by atoms with Crippen LogP contribution in [0.25, 0.3) is 11.4 Å². The Balaban J connectivity index is 1.60. The molecule has 1 aliphatic heterocycles. The van der Waals surface area contributed by atoms with Gasteiger partial charge in [0.2, 0.25) is 0 Å². The van der Waals surface area contributed by atoms with Gasteiger partial charge in [-0.15, -0.1) is 6.58 Å².